The molecule has 0 aliphatic carbocycles. The Bertz CT molecular complexity index is 1180. The van der Waals surface area contributed by atoms with Gasteiger partial charge in [-0.1, -0.05) is 39.0 Å². The molecule has 1 aromatic carbocycles. The van der Waals surface area contributed by atoms with Gasteiger partial charge in [0.05, 0.1) is 12.1 Å². The van der Waals surface area contributed by atoms with Gasteiger partial charge in [0.25, 0.3) is 11.8 Å². The quantitative estimate of drug-likeness (QED) is 0.398. The Labute approximate surface area is 195 Å². The number of hydrogen-bond donors (Lipinski definition) is 2. The molecule has 2 aliphatic rings. The number of piperidine rings is 1. The third-order valence-electron chi connectivity index (χ3n) is 5.99. The van der Waals surface area contributed by atoms with E-state index >= 15 is 0 Å². The van der Waals surface area contributed by atoms with Gasteiger partial charge < -0.3 is 10.2 Å². The van der Waals surface area contributed by atoms with Gasteiger partial charge in [-0.25, -0.2) is 0 Å². The molecule has 1 unspecified atom stereocenters. The number of hydrogen-bond acceptors (Lipinski definition) is 6. The predicted octanol–water partition coefficient (Wildman–Crippen LogP) is 2.31. The number of nitrogens with one attached hydrogen (secondary N) is 2. The van der Waals surface area contributed by atoms with Gasteiger partial charge in [-0.05, 0) is 29.0 Å². The Kier molecular flexibility index (Phi) is 5.92. The molecule has 2 aromatic rings. The number of rotatable bonds is 5. The van der Waals surface area contributed by atoms with Crippen molar-refractivity contribution in [3.05, 3.63) is 56.8 Å². The third-order valence-corrected chi connectivity index (χ3v) is 7.02. The first-order valence-corrected chi connectivity index (χ1v) is 11.6. The standard InChI is InChI=1S/C24H25N3O5S/c1-24(2,3)14-6-4-5-13(9-14)20(29)22(31)25-10-18-15-11-27(23(32)16(15)12-33-18)17-7-8-19(28)26-21(17)30/h4-6,9,12,17H,7-8,10-11H2,1-3H3,(H,25,31)(H,26,28,30). The number of imide groups is 1. The summed E-state index contributed by atoms with van der Waals surface area (Å²) in [5.41, 5.74) is 2.39. The number of amides is 4. The van der Waals surface area contributed by atoms with Crippen LogP contribution in [-0.4, -0.2) is 40.4 Å². The molecule has 172 valence electrons. The molecule has 2 N–H and O–H groups in total. The lowest BCUT2D eigenvalue weighted by atomic mass is 9.86. The average molecular weight is 468 g/mol. The topological polar surface area (TPSA) is 113 Å². The third kappa shape index (κ3) is 4.45. The molecule has 1 atom stereocenters. The summed E-state index contributed by atoms with van der Waals surface area (Å²) in [6.45, 7) is 6.45. The van der Waals surface area contributed by atoms with Gasteiger partial charge in [0.15, 0.2) is 0 Å². The second-order valence-electron chi connectivity index (χ2n) is 9.29. The zero-order valence-electron chi connectivity index (χ0n) is 18.7. The van der Waals surface area contributed by atoms with Crippen LogP contribution >= 0.6 is 11.3 Å². The normalized spacial score (nSPS) is 18.2. The smallest absolute Gasteiger partial charge is 0.292 e. The van der Waals surface area contributed by atoms with Crippen molar-refractivity contribution in [1.82, 2.24) is 15.5 Å². The summed E-state index contributed by atoms with van der Waals surface area (Å²) < 4.78 is 0. The lowest BCUT2D eigenvalue weighted by Gasteiger charge is -2.29. The molecule has 8 nitrogen and oxygen atoms in total. The predicted molar refractivity (Wildman–Crippen MR) is 122 cm³/mol. The zero-order chi connectivity index (χ0) is 23.9. The van der Waals surface area contributed by atoms with Crippen LogP contribution in [0.5, 0.6) is 0 Å². The van der Waals surface area contributed by atoms with Crippen LogP contribution in [0.2, 0.25) is 0 Å². The maximum atomic E-state index is 12.8. The summed E-state index contributed by atoms with van der Waals surface area (Å²) in [5, 5.41) is 6.65. The Balaban J connectivity index is 1.43. The van der Waals surface area contributed by atoms with E-state index in [1.165, 1.54) is 16.2 Å². The fourth-order valence-corrected chi connectivity index (χ4v) is 5.03. The van der Waals surface area contributed by atoms with E-state index in [2.05, 4.69) is 10.6 Å². The highest BCUT2D eigenvalue weighted by molar-refractivity contribution is 7.10. The number of nitrogens with zero attached hydrogens (tertiary/aromatic N) is 1. The van der Waals surface area contributed by atoms with E-state index in [0.717, 1.165) is 16.0 Å². The minimum Gasteiger partial charge on any atom is -0.344 e. The van der Waals surface area contributed by atoms with E-state index < -0.39 is 23.6 Å². The van der Waals surface area contributed by atoms with Crippen molar-refractivity contribution in [1.29, 1.82) is 0 Å². The van der Waals surface area contributed by atoms with Gasteiger partial charge in [-0.3, -0.25) is 29.3 Å². The van der Waals surface area contributed by atoms with Crippen LogP contribution in [0.25, 0.3) is 0 Å². The molecule has 1 saturated heterocycles. The molecule has 2 aliphatic heterocycles. The van der Waals surface area contributed by atoms with E-state index in [-0.39, 0.29) is 43.2 Å². The van der Waals surface area contributed by atoms with Crippen molar-refractivity contribution in [3.8, 4) is 0 Å². The Hall–Kier alpha value is -3.33. The number of ketones is 1. The van der Waals surface area contributed by atoms with Crippen LogP contribution in [0.1, 0.15) is 70.3 Å². The fourth-order valence-electron chi connectivity index (χ4n) is 4.05. The molecule has 9 heteroatoms. The molecule has 1 fully saturated rings. The van der Waals surface area contributed by atoms with Crippen LogP contribution in [0, 0.1) is 0 Å². The second-order valence-corrected chi connectivity index (χ2v) is 10.3. The fraction of sp³-hybridized carbons (Fsp3) is 0.375. The van der Waals surface area contributed by atoms with Crippen LogP contribution in [0.15, 0.2) is 29.6 Å². The van der Waals surface area contributed by atoms with E-state index in [9.17, 15) is 24.0 Å². The molecule has 1 aromatic heterocycles. The number of fused-ring (bicyclic) bond motifs is 1. The number of Topliss-reactive ketones (excluding diaryl/α,β-unsaturated/α-hetero) is 1. The van der Waals surface area contributed by atoms with Crippen molar-refractivity contribution < 1.29 is 24.0 Å². The van der Waals surface area contributed by atoms with Crippen molar-refractivity contribution >= 4 is 40.7 Å². The molecule has 0 radical (unpaired) electrons. The number of carbonyl (C=O) groups is 5. The Morgan fingerprint density at radius 2 is 1.97 bits per heavy atom. The first-order chi connectivity index (χ1) is 15.6. The number of carbonyl (C=O) groups excluding carboxylic acids is 5. The van der Waals surface area contributed by atoms with Gasteiger partial charge in [0, 0.05) is 28.8 Å². The van der Waals surface area contributed by atoms with Gasteiger partial charge in [0.2, 0.25) is 17.6 Å². The van der Waals surface area contributed by atoms with Gasteiger partial charge in [-0.15, -0.1) is 11.3 Å². The molecule has 0 spiro atoms. The lowest BCUT2D eigenvalue weighted by molar-refractivity contribution is -0.136. The molecule has 3 heterocycles. The van der Waals surface area contributed by atoms with Gasteiger partial charge in [0.1, 0.15) is 6.04 Å². The van der Waals surface area contributed by atoms with Crippen molar-refractivity contribution in [3.63, 3.8) is 0 Å². The van der Waals surface area contributed by atoms with Gasteiger partial charge >= 0.3 is 0 Å². The largest absolute Gasteiger partial charge is 0.344 e. The van der Waals surface area contributed by atoms with Crippen molar-refractivity contribution in [2.24, 2.45) is 0 Å². The first-order valence-electron chi connectivity index (χ1n) is 10.7. The summed E-state index contributed by atoms with van der Waals surface area (Å²) in [4.78, 5) is 63.8. The van der Waals surface area contributed by atoms with Crippen LogP contribution in [0.3, 0.4) is 0 Å². The number of thiophene rings is 1. The molecule has 33 heavy (non-hydrogen) atoms. The van der Waals surface area contributed by atoms with Crippen LogP contribution in [0.4, 0.5) is 0 Å². The molecule has 4 amide bonds. The summed E-state index contributed by atoms with van der Waals surface area (Å²) in [6.07, 6.45) is 0.479. The highest BCUT2D eigenvalue weighted by atomic mass is 32.1. The van der Waals surface area contributed by atoms with Crippen molar-refractivity contribution in [2.45, 2.75) is 58.2 Å². The van der Waals surface area contributed by atoms with E-state index in [1.807, 2.05) is 26.8 Å². The average Bonchev–Trinajstić information content (AvgIpc) is 3.31. The summed E-state index contributed by atoms with van der Waals surface area (Å²) in [7, 11) is 0. The molecule has 0 bridgehead atoms. The summed E-state index contributed by atoms with van der Waals surface area (Å²) >= 11 is 1.33. The molecule has 4 rings (SSSR count). The minimum absolute atomic E-state index is 0.111. The minimum atomic E-state index is -0.713. The zero-order valence-corrected chi connectivity index (χ0v) is 19.5. The van der Waals surface area contributed by atoms with Crippen LogP contribution in [-0.2, 0) is 32.9 Å². The SMILES string of the molecule is CC(C)(C)c1cccc(C(=O)C(=O)NCc2scc3c2CN(C2CCC(=O)NC2=O)C3=O)c1. The number of benzene rings is 1. The van der Waals surface area contributed by atoms with E-state index in [0.29, 0.717) is 11.1 Å². The monoisotopic (exact) mass is 467 g/mol. The van der Waals surface area contributed by atoms with E-state index in [4.69, 9.17) is 0 Å². The molecular weight excluding hydrogens is 442 g/mol. The first kappa shape index (κ1) is 22.8. The highest BCUT2D eigenvalue weighted by Gasteiger charge is 2.40. The van der Waals surface area contributed by atoms with Crippen LogP contribution < -0.4 is 10.6 Å². The Morgan fingerprint density at radius 1 is 1.21 bits per heavy atom. The van der Waals surface area contributed by atoms with Crippen molar-refractivity contribution in [2.75, 3.05) is 0 Å². The summed E-state index contributed by atoms with van der Waals surface area (Å²) in [6, 6.07) is 6.36. The second kappa shape index (κ2) is 8.55. The molecular formula is C24H25N3O5S. The van der Waals surface area contributed by atoms with E-state index in [1.54, 1.807) is 23.6 Å². The molecule has 0 saturated carbocycles. The maximum Gasteiger partial charge on any atom is 0.292 e. The summed E-state index contributed by atoms with van der Waals surface area (Å²) in [5.74, 6) is -2.39. The van der Waals surface area contributed by atoms with Gasteiger partial charge in [-0.2, -0.15) is 0 Å². The lowest BCUT2D eigenvalue weighted by Crippen LogP contribution is -2.52. The Morgan fingerprint density at radius 3 is 2.67 bits per heavy atom. The highest BCUT2D eigenvalue weighted by Crippen LogP contribution is 2.33. The maximum absolute atomic E-state index is 12.8.